The van der Waals surface area contributed by atoms with Gasteiger partial charge in [0.05, 0.1) is 5.69 Å². The number of halogens is 1. The lowest BCUT2D eigenvalue weighted by atomic mass is 9.89. The van der Waals surface area contributed by atoms with E-state index in [0.717, 1.165) is 12.1 Å². The average Bonchev–Trinajstić information content (AvgIpc) is 3.21. The first-order chi connectivity index (χ1) is 10.7. The molecule has 23 heavy (non-hydrogen) atoms. The number of carbonyl (C=O) groups is 1. The van der Waals surface area contributed by atoms with Crippen molar-refractivity contribution in [2.24, 2.45) is 11.7 Å². The van der Waals surface area contributed by atoms with E-state index in [2.05, 4.69) is 21.7 Å². The van der Waals surface area contributed by atoms with E-state index in [1.165, 1.54) is 17.1 Å². The van der Waals surface area contributed by atoms with Crippen molar-refractivity contribution in [2.75, 3.05) is 19.6 Å². The van der Waals surface area contributed by atoms with Crippen LogP contribution in [0.3, 0.4) is 0 Å². The Morgan fingerprint density at radius 2 is 2.09 bits per heavy atom. The first-order valence-corrected chi connectivity index (χ1v) is 8.37. The van der Waals surface area contributed by atoms with Gasteiger partial charge in [0.25, 0.3) is 5.91 Å². The number of nitrogens with zero attached hydrogens (tertiary/aromatic N) is 3. The third kappa shape index (κ3) is 3.54. The van der Waals surface area contributed by atoms with Crippen molar-refractivity contribution in [1.29, 1.82) is 0 Å². The van der Waals surface area contributed by atoms with E-state index >= 15 is 0 Å². The highest BCUT2D eigenvalue weighted by atomic mass is 35.5. The van der Waals surface area contributed by atoms with E-state index in [1.807, 2.05) is 30.0 Å². The molecule has 1 saturated heterocycles. The van der Waals surface area contributed by atoms with Crippen LogP contribution in [0.25, 0.3) is 0 Å². The lowest BCUT2D eigenvalue weighted by Crippen LogP contribution is -2.29. The third-order valence-electron chi connectivity index (χ3n) is 4.34. The second kappa shape index (κ2) is 7.86. The highest BCUT2D eigenvalue weighted by Gasteiger charge is 2.36. The summed E-state index contributed by atoms with van der Waals surface area (Å²) in [7, 11) is 0. The molecule has 7 heteroatoms. The molecule has 2 aromatic rings. The Kier molecular flexibility index (Phi) is 6.10. The summed E-state index contributed by atoms with van der Waals surface area (Å²) in [5.41, 5.74) is 7.99. The number of likely N-dealkylation sites (tertiary alicyclic amines) is 1. The van der Waals surface area contributed by atoms with Crippen molar-refractivity contribution in [3.05, 3.63) is 46.5 Å². The number of aromatic nitrogens is 2. The highest BCUT2D eigenvalue weighted by Crippen LogP contribution is 2.33. The molecular formula is C16H21ClN4OS. The fraction of sp³-hybridized carbons (Fsp3) is 0.438. The van der Waals surface area contributed by atoms with Crippen LogP contribution in [-0.2, 0) is 6.42 Å². The Hall–Kier alpha value is -1.50. The third-order valence-corrected chi connectivity index (χ3v) is 5.10. The monoisotopic (exact) mass is 352 g/mol. The Balaban J connectivity index is 0.00000192. The van der Waals surface area contributed by atoms with Crippen LogP contribution in [0.1, 0.15) is 33.8 Å². The normalized spacial score (nSPS) is 20.3. The molecule has 2 atom stereocenters. The van der Waals surface area contributed by atoms with Gasteiger partial charge in [-0.05, 0) is 36.0 Å². The van der Waals surface area contributed by atoms with Crippen LogP contribution in [0.5, 0.6) is 0 Å². The van der Waals surface area contributed by atoms with Crippen LogP contribution in [0, 0.1) is 5.92 Å². The maximum atomic E-state index is 12.7. The minimum absolute atomic E-state index is 0. The topological polar surface area (TPSA) is 72.1 Å². The fourth-order valence-electron chi connectivity index (χ4n) is 3.10. The van der Waals surface area contributed by atoms with Gasteiger partial charge in [-0.2, -0.15) is 0 Å². The first kappa shape index (κ1) is 17.8. The molecule has 0 unspecified atom stereocenters. The summed E-state index contributed by atoms with van der Waals surface area (Å²) >= 11 is 1.19. The molecule has 0 spiro atoms. The number of aryl methyl sites for hydroxylation is 1. The Bertz CT molecular complexity index is 649. The molecule has 5 nitrogen and oxygen atoms in total. The van der Waals surface area contributed by atoms with E-state index in [4.69, 9.17) is 5.73 Å². The number of benzene rings is 1. The molecular weight excluding hydrogens is 332 g/mol. The van der Waals surface area contributed by atoms with Crippen molar-refractivity contribution in [2.45, 2.75) is 19.3 Å². The molecule has 1 fully saturated rings. The number of hydrogen-bond acceptors (Lipinski definition) is 5. The zero-order valence-electron chi connectivity index (χ0n) is 13.0. The van der Waals surface area contributed by atoms with Gasteiger partial charge in [0.2, 0.25) is 0 Å². The Labute approximate surface area is 146 Å². The van der Waals surface area contributed by atoms with Gasteiger partial charge < -0.3 is 10.6 Å². The molecule has 0 aliphatic carbocycles. The van der Waals surface area contributed by atoms with Gasteiger partial charge in [0.15, 0.2) is 0 Å². The molecule has 1 aromatic carbocycles. The molecule has 1 aliphatic heterocycles. The van der Waals surface area contributed by atoms with Gasteiger partial charge in [0, 0.05) is 19.0 Å². The molecule has 1 aromatic heterocycles. The molecule has 2 heterocycles. The number of nitrogens with two attached hydrogens (primary N) is 1. The average molecular weight is 353 g/mol. The van der Waals surface area contributed by atoms with Crippen LogP contribution in [0.4, 0.5) is 0 Å². The van der Waals surface area contributed by atoms with E-state index in [9.17, 15) is 4.79 Å². The smallest absolute Gasteiger partial charge is 0.267 e. The SMILES string of the molecule is CCc1nnsc1C(=O)N1C[C@@H](CN)[C@H](c2ccccc2)C1.Cl. The molecule has 1 amide bonds. The molecule has 0 bridgehead atoms. The van der Waals surface area contributed by atoms with Gasteiger partial charge >= 0.3 is 0 Å². The maximum absolute atomic E-state index is 12.7. The van der Waals surface area contributed by atoms with Gasteiger partial charge in [-0.3, -0.25) is 4.79 Å². The zero-order valence-corrected chi connectivity index (χ0v) is 14.6. The maximum Gasteiger partial charge on any atom is 0.267 e. The second-order valence-electron chi connectivity index (χ2n) is 5.63. The fourth-order valence-corrected chi connectivity index (χ4v) is 3.82. The van der Waals surface area contributed by atoms with Crippen molar-refractivity contribution >= 4 is 29.8 Å². The van der Waals surface area contributed by atoms with Crippen LogP contribution < -0.4 is 5.73 Å². The lowest BCUT2D eigenvalue weighted by molar-refractivity contribution is 0.0790. The van der Waals surface area contributed by atoms with E-state index in [1.54, 1.807) is 0 Å². The minimum Gasteiger partial charge on any atom is -0.337 e. The van der Waals surface area contributed by atoms with Crippen molar-refractivity contribution in [3.63, 3.8) is 0 Å². The first-order valence-electron chi connectivity index (χ1n) is 7.60. The number of rotatable bonds is 4. The summed E-state index contributed by atoms with van der Waals surface area (Å²) < 4.78 is 3.92. The molecule has 0 radical (unpaired) electrons. The van der Waals surface area contributed by atoms with E-state index < -0.39 is 0 Å². The van der Waals surface area contributed by atoms with Gasteiger partial charge in [-0.1, -0.05) is 41.7 Å². The largest absolute Gasteiger partial charge is 0.337 e. The molecule has 3 rings (SSSR count). The predicted molar refractivity (Wildman–Crippen MR) is 94.2 cm³/mol. The van der Waals surface area contributed by atoms with E-state index in [-0.39, 0.29) is 18.3 Å². The minimum atomic E-state index is 0. The van der Waals surface area contributed by atoms with Crippen LogP contribution in [-0.4, -0.2) is 40.0 Å². The molecule has 0 saturated carbocycles. The number of hydrogen-bond donors (Lipinski definition) is 1. The highest BCUT2D eigenvalue weighted by molar-refractivity contribution is 7.08. The van der Waals surface area contributed by atoms with E-state index in [0.29, 0.717) is 36.3 Å². The summed E-state index contributed by atoms with van der Waals surface area (Å²) in [6.07, 6.45) is 0.730. The Morgan fingerprint density at radius 3 is 2.74 bits per heavy atom. The molecule has 2 N–H and O–H groups in total. The Morgan fingerprint density at radius 1 is 1.35 bits per heavy atom. The molecule has 124 valence electrons. The van der Waals surface area contributed by atoms with Gasteiger partial charge in [0.1, 0.15) is 4.88 Å². The molecule has 1 aliphatic rings. The quantitative estimate of drug-likeness (QED) is 0.916. The van der Waals surface area contributed by atoms with Crippen molar-refractivity contribution in [3.8, 4) is 0 Å². The standard InChI is InChI=1S/C16H20N4OS.ClH/c1-2-14-15(22-19-18-14)16(21)20-9-12(8-17)13(10-20)11-6-4-3-5-7-11;/h3-7,12-13H,2,8-10,17H2,1H3;1H/t12-,13+;/m1./s1. The van der Waals surface area contributed by atoms with Crippen molar-refractivity contribution in [1.82, 2.24) is 14.5 Å². The predicted octanol–water partition coefficient (Wildman–Crippen LogP) is 2.34. The summed E-state index contributed by atoms with van der Waals surface area (Å²) in [6, 6.07) is 10.3. The van der Waals surface area contributed by atoms with Gasteiger partial charge in [-0.25, -0.2) is 0 Å². The summed E-state index contributed by atoms with van der Waals surface area (Å²) in [6.45, 7) is 4.00. The van der Waals surface area contributed by atoms with Crippen LogP contribution >= 0.6 is 23.9 Å². The van der Waals surface area contributed by atoms with Crippen LogP contribution in [0.15, 0.2) is 30.3 Å². The van der Waals surface area contributed by atoms with Gasteiger partial charge in [-0.15, -0.1) is 17.5 Å². The number of carbonyl (C=O) groups excluding carboxylic acids is 1. The summed E-state index contributed by atoms with van der Waals surface area (Å²) in [5, 5.41) is 4.04. The second-order valence-corrected chi connectivity index (χ2v) is 6.38. The lowest BCUT2D eigenvalue weighted by Gasteiger charge is -2.16. The summed E-state index contributed by atoms with van der Waals surface area (Å²) in [5.74, 6) is 0.655. The number of amides is 1. The van der Waals surface area contributed by atoms with Crippen molar-refractivity contribution < 1.29 is 4.79 Å². The van der Waals surface area contributed by atoms with Crippen LogP contribution in [0.2, 0.25) is 0 Å². The zero-order chi connectivity index (χ0) is 15.5. The summed E-state index contributed by atoms with van der Waals surface area (Å²) in [4.78, 5) is 15.3.